The van der Waals surface area contributed by atoms with Gasteiger partial charge in [-0.1, -0.05) is 34.6 Å². The van der Waals surface area contributed by atoms with Crippen molar-refractivity contribution in [2.75, 3.05) is 39.9 Å². The molecule has 20 heavy (non-hydrogen) atoms. The Labute approximate surface area is 126 Å². The van der Waals surface area contributed by atoms with E-state index in [1.165, 1.54) is 25.9 Å². The first-order chi connectivity index (χ1) is 9.34. The zero-order chi connectivity index (χ0) is 15.2. The average molecular weight is 284 g/mol. The lowest BCUT2D eigenvalue weighted by Crippen LogP contribution is -2.50. The molecule has 0 aromatic heterocycles. The molecule has 1 saturated heterocycles. The van der Waals surface area contributed by atoms with E-state index < -0.39 is 0 Å². The molecule has 1 aliphatic rings. The second kappa shape index (κ2) is 8.35. The second-order valence-electron chi connectivity index (χ2n) is 7.84. The Bertz CT molecular complexity index is 252. The van der Waals surface area contributed by atoms with Crippen LogP contribution in [0, 0.1) is 17.3 Å². The van der Waals surface area contributed by atoms with Gasteiger partial charge in [-0.25, -0.2) is 0 Å². The minimum atomic E-state index is 0.457. The Balaban J connectivity index is 2.41. The minimum Gasteiger partial charge on any atom is -0.383 e. The normalized spacial score (nSPS) is 20.6. The summed E-state index contributed by atoms with van der Waals surface area (Å²) in [5.74, 6) is 1.58. The Morgan fingerprint density at radius 2 is 1.75 bits per heavy atom. The molecular weight excluding hydrogens is 248 g/mol. The lowest BCUT2D eigenvalue weighted by Gasteiger charge is -2.42. The van der Waals surface area contributed by atoms with Crippen molar-refractivity contribution in [3.05, 3.63) is 0 Å². The highest BCUT2D eigenvalue weighted by Gasteiger charge is 2.31. The Hall–Kier alpha value is -0.120. The maximum Gasteiger partial charge on any atom is 0.0630 e. The van der Waals surface area contributed by atoms with Crippen molar-refractivity contribution in [3.63, 3.8) is 0 Å². The molecule has 0 radical (unpaired) electrons. The van der Waals surface area contributed by atoms with Crippen LogP contribution >= 0.6 is 0 Å². The average Bonchev–Trinajstić information content (AvgIpc) is 2.36. The summed E-state index contributed by atoms with van der Waals surface area (Å²) in [5.41, 5.74) is 0.457. The third kappa shape index (κ3) is 6.11. The van der Waals surface area contributed by atoms with E-state index in [1.54, 1.807) is 0 Å². The Morgan fingerprint density at radius 1 is 1.15 bits per heavy atom. The standard InChI is InChI=1S/C17H36N2O/c1-14(2)11-18-12-16(13-20-6)19-9-7-15(8-10-19)17(3,4)5/h14-16,18H,7-13H2,1-6H3. The molecule has 1 aliphatic heterocycles. The molecule has 1 N–H and O–H groups in total. The number of hydrogen-bond donors (Lipinski definition) is 1. The molecule has 0 amide bonds. The number of piperidine rings is 1. The van der Waals surface area contributed by atoms with Crippen molar-refractivity contribution in [2.45, 2.75) is 53.5 Å². The number of likely N-dealkylation sites (tertiary alicyclic amines) is 1. The van der Waals surface area contributed by atoms with Crippen molar-refractivity contribution in [3.8, 4) is 0 Å². The summed E-state index contributed by atoms with van der Waals surface area (Å²) in [6.07, 6.45) is 2.65. The van der Waals surface area contributed by atoms with E-state index >= 15 is 0 Å². The topological polar surface area (TPSA) is 24.5 Å². The number of hydrogen-bond acceptors (Lipinski definition) is 3. The van der Waals surface area contributed by atoms with E-state index in [9.17, 15) is 0 Å². The predicted molar refractivity (Wildman–Crippen MR) is 87.1 cm³/mol. The second-order valence-corrected chi connectivity index (χ2v) is 7.84. The van der Waals surface area contributed by atoms with Gasteiger partial charge in [0.15, 0.2) is 0 Å². The van der Waals surface area contributed by atoms with Crippen molar-refractivity contribution < 1.29 is 4.74 Å². The van der Waals surface area contributed by atoms with E-state index in [2.05, 4.69) is 44.8 Å². The van der Waals surface area contributed by atoms with Gasteiger partial charge in [-0.3, -0.25) is 4.90 Å². The van der Waals surface area contributed by atoms with Crippen molar-refractivity contribution in [1.82, 2.24) is 10.2 Å². The Morgan fingerprint density at radius 3 is 2.20 bits per heavy atom. The van der Waals surface area contributed by atoms with Gasteiger partial charge in [0.2, 0.25) is 0 Å². The van der Waals surface area contributed by atoms with E-state index in [4.69, 9.17) is 4.74 Å². The van der Waals surface area contributed by atoms with Gasteiger partial charge in [0.25, 0.3) is 0 Å². The van der Waals surface area contributed by atoms with Gasteiger partial charge in [0, 0.05) is 19.7 Å². The largest absolute Gasteiger partial charge is 0.383 e. The van der Waals surface area contributed by atoms with Crippen LogP contribution in [0.5, 0.6) is 0 Å². The SMILES string of the molecule is COCC(CNCC(C)C)N1CCC(C(C)(C)C)CC1. The number of nitrogens with one attached hydrogen (secondary N) is 1. The maximum atomic E-state index is 5.43. The monoisotopic (exact) mass is 284 g/mol. The summed E-state index contributed by atoms with van der Waals surface area (Å²) in [4.78, 5) is 2.62. The first kappa shape index (κ1) is 17.9. The highest BCUT2D eigenvalue weighted by Crippen LogP contribution is 2.34. The fourth-order valence-corrected chi connectivity index (χ4v) is 3.16. The highest BCUT2D eigenvalue weighted by molar-refractivity contribution is 4.84. The summed E-state index contributed by atoms with van der Waals surface area (Å²) in [7, 11) is 1.82. The van der Waals surface area contributed by atoms with Crippen molar-refractivity contribution in [1.29, 1.82) is 0 Å². The van der Waals surface area contributed by atoms with Gasteiger partial charge in [-0.05, 0) is 49.7 Å². The number of methoxy groups -OCH3 is 1. The molecule has 3 heteroatoms. The number of ether oxygens (including phenoxy) is 1. The molecule has 1 fully saturated rings. The molecule has 3 nitrogen and oxygen atoms in total. The van der Waals surface area contributed by atoms with E-state index in [0.717, 1.165) is 25.6 Å². The van der Waals surface area contributed by atoms with Crippen molar-refractivity contribution in [2.24, 2.45) is 17.3 Å². The van der Waals surface area contributed by atoms with Crippen LogP contribution in [0.3, 0.4) is 0 Å². The summed E-state index contributed by atoms with van der Waals surface area (Å²) in [6.45, 7) is 17.1. The highest BCUT2D eigenvalue weighted by atomic mass is 16.5. The first-order valence-corrected chi connectivity index (χ1v) is 8.28. The maximum absolute atomic E-state index is 5.43. The predicted octanol–water partition coefficient (Wildman–Crippen LogP) is 3.01. The molecule has 1 heterocycles. The zero-order valence-corrected chi connectivity index (χ0v) is 14.5. The molecule has 0 aromatic rings. The van der Waals surface area contributed by atoms with Crippen molar-refractivity contribution >= 4 is 0 Å². The van der Waals surface area contributed by atoms with Gasteiger partial charge in [-0.15, -0.1) is 0 Å². The molecule has 0 aromatic carbocycles. The third-order valence-electron chi connectivity index (χ3n) is 4.56. The molecule has 0 aliphatic carbocycles. The minimum absolute atomic E-state index is 0.457. The number of rotatable bonds is 7. The lowest BCUT2D eigenvalue weighted by atomic mass is 9.75. The van der Waals surface area contributed by atoms with Crippen LogP contribution in [0.15, 0.2) is 0 Å². The molecule has 1 atom stereocenters. The van der Waals surface area contributed by atoms with E-state index in [1.807, 2.05) is 7.11 Å². The molecule has 120 valence electrons. The van der Waals surface area contributed by atoms with Crippen LogP contribution in [-0.2, 0) is 4.74 Å². The molecule has 0 bridgehead atoms. The quantitative estimate of drug-likeness (QED) is 0.778. The lowest BCUT2D eigenvalue weighted by molar-refractivity contribution is 0.0434. The van der Waals surface area contributed by atoms with Gasteiger partial charge in [0.1, 0.15) is 0 Å². The summed E-state index contributed by atoms with van der Waals surface area (Å²) >= 11 is 0. The first-order valence-electron chi connectivity index (χ1n) is 8.28. The molecular formula is C17H36N2O. The summed E-state index contributed by atoms with van der Waals surface area (Å²) in [5, 5.41) is 3.59. The molecule has 1 unspecified atom stereocenters. The zero-order valence-electron chi connectivity index (χ0n) is 14.5. The summed E-state index contributed by atoms with van der Waals surface area (Å²) in [6, 6.07) is 0.527. The van der Waals surface area contributed by atoms with Crippen LogP contribution in [0.25, 0.3) is 0 Å². The number of nitrogens with zero attached hydrogens (tertiary/aromatic N) is 1. The third-order valence-corrected chi connectivity index (χ3v) is 4.56. The van der Waals surface area contributed by atoms with E-state index in [-0.39, 0.29) is 0 Å². The van der Waals surface area contributed by atoms with Crippen LogP contribution in [-0.4, -0.2) is 50.8 Å². The molecule has 1 rings (SSSR count). The van der Waals surface area contributed by atoms with Gasteiger partial charge in [0.05, 0.1) is 6.61 Å². The Kier molecular flexibility index (Phi) is 7.49. The fraction of sp³-hybridized carbons (Fsp3) is 1.00. The summed E-state index contributed by atoms with van der Waals surface area (Å²) < 4.78 is 5.43. The van der Waals surface area contributed by atoms with Crippen LogP contribution in [0.2, 0.25) is 0 Å². The molecule has 0 spiro atoms. The molecule has 0 saturated carbocycles. The van der Waals surface area contributed by atoms with Gasteiger partial charge < -0.3 is 10.1 Å². The van der Waals surface area contributed by atoms with Crippen LogP contribution in [0.4, 0.5) is 0 Å². The fourth-order valence-electron chi connectivity index (χ4n) is 3.16. The van der Waals surface area contributed by atoms with E-state index in [0.29, 0.717) is 17.4 Å². The smallest absolute Gasteiger partial charge is 0.0630 e. The van der Waals surface area contributed by atoms with Crippen LogP contribution < -0.4 is 5.32 Å². The van der Waals surface area contributed by atoms with Crippen LogP contribution in [0.1, 0.15) is 47.5 Å². The van der Waals surface area contributed by atoms with Gasteiger partial charge in [-0.2, -0.15) is 0 Å². The van der Waals surface area contributed by atoms with Gasteiger partial charge >= 0.3 is 0 Å².